The molecule has 0 spiro atoms. The van der Waals surface area contributed by atoms with Gasteiger partial charge in [0.25, 0.3) is 0 Å². The van der Waals surface area contributed by atoms with E-state index in [1.165, 1.54) is 0 Å². The average Bonchev–Trinajstić information content (AvgIpc) is 2.37. The highest BCUT2D eigenvalue weighted by molar-refractivity contribution is 6.33. The standard InChI is InChI=1S/C13H17ClF3N3/c1-8(18)11-4-2-3-5-20(11)12-10(14)6-9(7-19-12)13(15,16)17/h6-8,11H,2-5,18H2,1H3. The Kier molecular flexibility index (Phi) is 4.44. The lowest BCUT2D eigenvalue weighted by Gasteiger charge is -2.39. The molecular formula is C13H17ClF3N3. The van der Waals surface area contributed by atoms with Gasteiger partial charge < -0.3 is 10.6 Å². The number of piperidine rings is 1. The number of rotatable bonds is 2. The third kappa shape index (κ3) is 3.17. The van der Waals surface area contributed by atoms with Gasteiger partial charge in [-0.05, 0) is 32.3 Å². The summed E-state index contributed by atoms with van der Waals surface area (Å²) in [6.45, 7) is 2.60. The van der Waals surface area contributed by atoms with Crippen molar-refractivity contribution in [3.05, 3.63) is 22.8 Å². The summed E-state index contributed by atoms with van der Waals surface area (Å²) in [7, 11) is 0. The zero-order valence-corrected chi connectivity index (χ0v) is 11.9. The van der Waals surface area contributed by atoms with Gasteiger partial charge in [0.15, 0.2) is 0 Å². The van der Waals surface area contributed by atoms with Crippen LogP contribution >= 0.6 is 11.6 Å². The Hall–Kier alpha value is -1.01. The molecule has 2 atom stereocenters. The molecule has 2 heterocycles. The number of hydrogen-bond acceptors (Lipinski definition) is 3. The Morgan fingerprint density at radius 3 is 2.70 bits per heavy atom. The summed E-state index contributed by atoms with van der Waals surface area (Å²) in [6, 6.07) is 0.900. The largest absolute Gasteiger partial charge is 0.417 e. The summed E-state index contributed by atoms with van der Waals surface area (Å²) in [5.41, 5.74) is 5.12. The normalized spacial score (nSPS) is 21.9. The van der Waals surface area contributed by atoms with Crippen molar-refractivity contribution in [2.75, 3.05) is 11.4 Å². The molecule has 0 saturated carbocycles. The molecule has 0 aromatic carbocycles. The highest BCUT2D eigenvalue weighted by Gasteiger charge is 2.33. The van der Waals surface area contributed by atoms with Gasteiger partial charge in [-0.25, -0.2) is 4.98 Å². The van der Waals surface area contributed by atoms with Crippen LogP contribution in [0, 0.1) is 0 Å². The maximum Gasteiger partial charge on any atom is 0.417 e. The van der Waals surface area contributed by atoms with Gasteiger partial charge in [0.05, 0.1) is 10.6 Å². The van der Waals surface area contributed by atoms with Crippen molar-refractivity contribution < 1.29 is 13.2 Å². The van der Waals surface area contributed by atoms with Crippen LogP contribution in [0.15, 0.2) is 12.3 Å². The van der Waals surface area contributed by atoms with Crippen LogP contribution in [-0.4, -0.2) is 23.6 Å². The lowest BCUT2D eigenvalue weighted by molar-refractivity contribution is -0.137. The minimum Gasteiger partial charge on any atom is -0.351 e. The first-order valence-corrected chi connectivity index (χ1v) is 6.93. The molecule has 112 valence electrons. The van der Waals surface area contributed by atoms with Crippen molar-refractivity contribution >= 4 is 17.4 Å². The molecule has 0 bridgehead atoms. The molecule has 1 aromatic rings. The minimum absolute atomic E-state index is 0.0207. The zero-order valence-electron chi connectivity index (χ0n) is 11.1. The van der Waals surface area contributed by atoms with E-state index in [4.69, 9.17) is 17.3 Å². The molecule has 0 radical (unpaired) electrons. The topological polar surface area (TPSA) is 42.1 Å². The van der Waals surface area contributed by atoms with Gasteiger partial charge in [0, 0.05) is 24.8 Å². The van der Waals surface area contributed by atoms with Gasteiger partial charge >= 0.3 is 6.18 Å². The minimum atomic E-state index is -4.43. The second kappa shape index (κ2) is 5.77. The first-order valence-electron chi connectivity index (χ1n) is 6.55. The van der Waals surface area contributed by atoms with E-state index in [0.29, 0.717) is 12.4 Å². The molecule has 2 rings (SSSR count). The molecule has 1 fully saturated rings. The van der Waals surface area contributed by atoms with Gasteiger partial charge in [-0.15, -0.1) is 0 Å². The van der Waals surface area contributed by atoms with Gasteiger partial charge in [0.2, 0.25) is 0 Å². The van der Waals surface area contributed by atoms with Crippen molar-refractivity contribution in [2.45, 2.75) is 44.4 Å². The summed E-state index contributed by atoms with van der Waals surface area (Å²) in [6.07, 6.45) is -0.689. The van der Waals surface area contributed by atoms with Crippen LogP contribution in [0.1, 0.15) is 31.7 Å². The highest BCUT2D eigenvalue weighted by Crippen LogP contribution is 2.35. The number of anilines is 1. The predicted molar refractivity (Wildman–Crippen MR) is 72.9 cm³/mol. The van der Waals surface area contributed by atoms with E-state index in [0.717, 1.165) is 31.5 Å². The molecule has 1 aliphatic heterocycles. The molecule has 3 nitrogen and oxygen atoms in total. The predicted octanol–water partition coefficient (Wildman–Crippen LogP) is 3.46. The number of nitrogens with zero attached hydrogens (tertiary/aromatic N) is 2. The molecule has 1 saturated heterocycles. The quantitative estimate of drug-likeness (QED) is 0.910. The summed E-state index contributed by atoms with van der Waals surface area (Å²) in [5, 5.41) is 0.0207. The zero-order chi connectivity index (χ0) is 14.9. The van der Waals surface area contributed by atoms with Gasteiger partial charge in [0.1, 0.15) is 5.82 Å². The molecular weight excluding hydrogens is 291 g/mol. The lowest BCUT2D eigenvalue weighted by Crippen LogP contribution is -2.49. The lowest BCUT2D eigenvalue weighted by atomic mass is 9.97. The van der Waals surface area contributed by atoms with Gasteiger partial charge in [-0.1, -0.05) is 11.6 Å². The fraction of sp³-hybridized carbons (Fsp3) is 0.615. The van der Waals surface area contributed by atoms with Crippen molar-refractivity contribution in [3.8, 4) is 0 Å². The second-order valence-electron chi connectivity index (χ2n) is 5.14. The second-order valence-corrected chi connectivity index (χ2v) is 5.55. The Morgan fingerprint density at radius 2 is 2.15 bits per heavy atom. The van der Waals surface area contributed by atoms with E-state index in [2.05, 4.69) is 4.98 Å². The van der Waals surface area contributed by atoms with E-state index in [9.17, 15) is 13.2 Å². The Labute approximate surface area is 120 Å². The average molecular weight is 308 g/mol. The van der Waals surface area contributed by atoms with E-state index < -0.39 is 11.7 Å². The molecule has 2 N–H and O–H groups in total. The van der Waals surface area contributed by atoms with Crippen molar-refractivity contribution in [1.29, 1.82) is 0 Å². The maximum atomic E-state index is 12.6. The third-order valence-electron chi connectivity index (χ3n) is 3.58. The van der Waals surface area contributed by atoms with Crippen LogP contribution in [0.2, 0.25) is 5.02 Å². The van der Waals surface area contributed by atoms with Crippen LogP contribution in [0.5, 0.6) is 0 Å². The smallest absolute Gasteiger partial charge is 0.351 e. The van der Waals surface area contributed by atoms with Crippen LogP contribution in [0.25, 0.3) is 0 Å². The molecule has 2 unspecified atom stereocenters. The van der Waals surface area contributed by atoms with E-state index in [1.807, 2.05) is 11.8 Å². The van der Waals surface area contributed by atoms with Crippen LogP contribution in [0.4, 0.5) is 19.0 Å². The monoisotopic (exact) mass is 307 g/mol. The molecule has 1 aromatic heterocycles. The summed E-state index contributed by atoms with van der Waals surface area (Å²) < 4.78 is 37.8. The summed E-state index contributed by atoms with van der Waals surface area (Å²) >= 11 is 5.99. The number of nitrogens with two attached hydrogens (primary N) is 1. The number of pyridine rings is 1. The summed E-state index contributed by atoms with van der Waals surface area (Å²) in [4.78, 5) is 5.85. The summed E-state index contributed by atoms with van der Waals surface area (Å²) in [5.74, 6) is 0.390. The van der Waals surface area contributed by atoms with Gasteiger partial charge in [-0.2, -0.15) is 13.2 Å². The first kappa shape index (κ1) is 15.4. The number of aromatic nitrogens is 1. The van der Waals surface area contributed by atoms with Crippen LogP contribution in [-0.2, 0) is 6.18 Å². The molecule has 20 heavy (non-hydrogen) atoms. The van der Waals surface area contributed by atoms with Crippen molar-refractivity contribution in [1.82, 2.24) is 4.98 Å². The van der Waals surface area contributed by atoms with Crippen LogP contribution in [0.3, 0.4) is 0 Å². The van der Waals surface area contributed by atoms with Crippen LogP contribution < -0.4 is 10.6 Å². The molecule has 0 aliphatic carbocycles. The third-order valence-corrected chi connectivity index (χ3v) is 3.86. The van der Waals surface area contributed by atoms with E-state index in [1.54, 1.807) is 0 Å². The van der Waals surface area contributed by atoms with E-state index in [-0.39, 0.29) is 17.1 Å². The Morgan fingerprint density at radius 1 is 1.45 bits per heavy atom. The van der Waals surface area contributed by atoms with Gasteiger partial charge in [-0.3, -0.25) is 0 Å². The maximum absolute atomic E-state index is 12.6. The highest BCUT2D eigenvalue weighted by atomic mass is 35.5. The van der Waals surface area contributed by atoms with E-state index >= 15 is 0 Å². The fourth-order valence-electron chi connectivity index (χ4n) is 2.56. The SMILES string of the molecule is CC(N)C1CCCCN1c1ncc(C(F)(F)F)cc1Cl. The Balaban J connectivity index is 2.32. The fourth-order valence-corrected chi connectivity index (χ4v) is 2.84. The molecule has 0 amide bonds. The number of halogens is 4. The van der Waals surface area contributed by atoms with Crippen molar-refractivity contribution in [3.63, 3.8) is 0 Å². The number of hydrogen-bond donors (Lipinski definition) is 1. The Bertz CT molecular complexity index is 476. The first-order chi connectivity index (χ1) is 9.30. The molecule has 7 heteroatoms. The molecule has 1 aliphatic rings. The number of alkyl halides is 3. The van der Waals surface area contributed by atoms with Crippen molar-refractivity contribution in [2.24, 2.45) is 5.73 Å².